The molecule has 0 spiro atoms. The Morgan fingerprint density at radius 2 is 1.26 bits per heavy atom. The Morgan fingerprint density at radius 1 is 0.638 bits per heavy atom. The third-order valence-electron chi connectivity index (χ3n) is 8.33. The zero-order chi connectivity index (χ0) is 34.2. The van der Waals surface area contributed by atoms with E-state index in [2.05, 4.69) is 10.2 Å². The van der Waals surface area contributed by atoms with E-state index in [0.717, 1.165) is 46.0 Å². The Hall–Kier alpha value is -4.80. The molecule has 0 fully saturated rings. The number of aromatic nitrogens is 4. The molecule has 0 saturated carbocycles. The van der Waals surface area contributed by atoms with Crippen LogP contribution in [0.4, 0.5) is 43.7 Å². The van der Waals surface area contributed by atoms with Crippen molar-refractivity contribution in [2.45, 2.75) is 66.2 Å². The number of aromatic amines is 1. The number of anilines is 3. The summed E-state index contributed by atoms with van der Waals surface area (Å²) in [6, 6.07) is 17.7. The first-order chi connectivity index (χ1) is 21.8. The highest BCUT2D eigenvalue weighted by Crippen LogP contribution is 2.43. The van der Waals surface area contributed by atoms with E-state index in [1.54, 1.807) is 4.90 Å². The van der Waals surface area contributed by atoms with Crippen LogP contribution < -0.4 is 4.90 Å². The van der Waals surface area contributed by atoms with Crippen LogP contribution in [0.3, 0.4) is 0 Å². The lowest BCUT2D eigenvalue weighted by Crippen LogP contribution is -2.19. The number of rotatable bonds is 4. The first-order valence-corrected chi connectivity index (χ1v) is 15.0. The van der Waals surface area contributed by atoms with Gasteiger partial charge in [0, 0.05) is 16.8 Å². The molecule has 0 aliphatic rings. The summed E-state index contributed by atoms with van der Waals surface area (Å²) >= 11 is 0. The van der Waals surface area contributed by atoms with E-state index >= 15 is 0 Å². The van der Waals surface area contributed by atoms with E-state index in [-0.39, 0.29) is 5.82 Å². The second-order valence-electron chi connectivity index (χ2n) is 13.1. The van der Waals surface area contributed by atoms with Gasteiger partial charge in [-0.2, -0.15) is 31.4 Å². The SMILES string of the molecule is Cc1cc(C)c(N(c2cc(C(F)(F)F)[nH]n2)c2cc(C(C)(C)C)cc(-n3c4ccc(C)cc4c4cc(C(F)(F)F)ccc43)n2)c(C)c1. The summed E-state index contributed by atoms with van der Waals surface area (Å²) in [7, 11) is 0. The van der Waals surface area contributed by atoms with E-state index in [4.69, 9.17) is 4.98 Å². The molecular weight excluding hydrogens is 616 g/mol. The Bertz CT molecular complexity index is 2140. The quantitative estimate of drug-likeness (QED) is 0.193. The number of pyridine rings is 1. The van der Waals surface area contributed by atoms with Gasteiger partial charge in [0.25, 0.3) is 0 Å². The van der Waals surface area contributed by atoms with E-state index in [0.29, 0.717) is 39.1 Å². The van der Waals surface area contributed by atoms with Crippen molar-refractivity contribution in [3.8, 4) is 5.82 Å². The molecule has 0 radical (unpaired) electrons. The van der Waals surface area contributed by atoms with Crippen molar-refractivity contribution in [2.24, 2.45) is 0 Å². The minimum atomic E-state index is -4.66. The maximum Gasteiger partial charge on any atom is 0.432 e. The normalized spacial score (nSPS) is 12.8. The third-order valence-corrected chi connectivity index (χ3v) is 8.33. The predicted octanol–water partition coefficient (Wildman–Crippen LogP) is 10.9. The first-order valence-electron chi connectivity index (χ1n) is 15.0. The fourth-order valence-corrected chi connectivity index (χ4v) is 6.17. The predicted molar refractivity (Wildman–Crippen MR) is 173 cm³/mol. The molecule has 0 saturated heterocycles. The van der Waals surface area contributed by atoms with Gasteiger partial charge in [-0.05, 0) is 92.3 Å². The van der Waals surface area contributed by atoms with Crippen molar-refractivity contribution in [1.29, 1.82) is 0 Å². The fraction of sp³-hybridized carbons (Fsp3) is 0.278. The van der Waals surface area contributed by atoms with Gasteiger partial charge in [0.15, 0.2) is 5.82 Å². The average Bonchev–Trinajstić information content (AvgIpc) is 3.57. The van der Waals surface area contributed by atoms with Crippen molar-refractivity contribution < 1.29 is 26.3 Å². The number of H-pyrrole nitrogens is 1. The summed E-state index contributed by atoms with van der Waals surface area (Å²) < 4.78 is 84.7. The number of nitrogens with zero attached hydrogens (tertiary/aromatic N) is 4. The summed E-state index contributed by atoms with van der Waals surface area (Å²) in [4.78, 5) is 6.65. The average molecular weight is 650 g/mol. The molecule has 47 heavy (non-hydrogen) atoms. The summed E-state index contributed by atoms with van der Waals surface area (Å²) in [5.41, 5.74) is 3.82. The molecular formula is C36H33F6N5. The van der Waals surface area contributed by atoms with Crippen molar-refractivity contribution in [3.63, 3.8) is 0 Å². The van der Waals surface area contributed by atoms with Gasteiger partial charge >= 0.3 is 12.4 Å². The van der Waals surface area contributed by atoms with Gasteiger partial charge in [0.05, 0.1) is 22.3 Å². The van der Waals surface area contributed by atoms with Crippen molar-refractivity contribution in [3.05, 3.63) is 106 Å². The lowest BCUT2D eigenvalue weighted by atomic mass is 9.87. The maximum absolute atomic E-state index is 13.8. The number of fused-ring (bicyclic) bond motifs is 3. The highest BCUT2D eigenvalue weighted by molar-refractivity contribution is 6.09. The minimum absolute atomic E-state index is 0.00967. The Morgan fingerprint density at radius 3 is 1.83 bits per heavy atom. The lowest BCUT2D eigenvalue weighted by Gasteiger charge is -2.28. The second kappa shape index (κ2) is 10.9. The number of aryl methyl sites for hydroxylation is 4. The van der Waals surface area contributed by atoms with Crippen molar-refractivity contribution >= 4 is 39.1 Å². The molecule has 3 aromatic heterocycles. The van der Waals surface area contributed by atoms with Crippen LogP contribution in [-0.4, -0.2) is 19.7 Å². The van der Waals surface area contributed by atoms with Gasteiger partial charge in [0.1, 0.15) is 17.3 Å². The van der Waals surface area contributed by atoms with Gasteiger partial charge < -0.3 is 0 Å². The molecule has 0 unspecified atom stereocenters. The summed E-state index contributed by atoms with van der Waals surface area (Å²) in [5.74, 6) is 0.691. The molecule has 6 aromatic rings. The van der Waals surface area contributed by atoms with Gasteiger partial charge in [-0.3, -0.25) is 14.6 Å². The molecule has 244 valence electrons. The Kier molecular flexibility index (Phi) is 7.45. The third kappa shape index (κ3) is 5.83. The number of hydrogen-bond acceptors (Lipinski definition) is 3. The van der Waals surface area contributed by atoms with E-state index in [9.17, 15) is 26.3 Å². The van der Waals surface area contributed by atoms with Gasteiger partial charge in [0.2, 0.25) is 0 Å². The van der Waals surface area contributed by atoms with Crippen molar-refractivity contribution in [1.82, 2.24) is 19.7 Å². The van der Waals surface area contributed by atoms with Crippen LogP contribution in [0.15, 0.2) is 66.7 Å². The number of halogens is 6. The zero-order valence-electron chi connectivity index (χ0n) is 26.9. The first kappa shape index (κ1) is 32.2. The lowest BCUT2D eigenvalue weighted by molar-refractivity contribution is -0.141. The van der Waals surface area contributed by atoms with E-state index in [1.165, 1.54) is 6.07 Å². The highest BCUT2D eigenvalue weighted by Gasteiger charge is 2.35. The molecule has 3 aromatic carbocycles. The molecule has 0 amide bonds. The number of hydrogen-bond donors (Lipinski definition) is 1. The van der Waals surface area contributed by atoms with Crippen LogP contribution in [0, 0.1) is 27.7 Å². The van der Waals surface area contributed by atoms with Crippen LogP contribution in [0.5, 0.6) is 0 Å². The molecule has 6 rings (SSSR count). The van der Waals surface area contributed by atoms with E-state index < -0.39 is 29.0 Å². The van der Waals surface area contributed by atoms with Gasteiger partial charge in [-0.25, -0.2) is 4.98 Å². The molecule has 0 atom stereocenters. The molecule has 11 heteroatoms. The largest absolute Gasteiger partial charge is 0.432 e. The molecule has 3 heterocycles. The number of nitrogens with one attached hydrogen (secondary N) is 1. The topological polar surface area (TPSA) is 49.7 Å². The van der Waals surface area contributed by atoms with Crippen LogP contribution in [0.25, 0.3) is 27.6 Å². The highest BCUT2D eigenvalue weighted by atomic mass is 19.4. The van der Waals surface area contributed by atoms with Crippen LogP contribution in [-0.2, 0) is 17.8 Å². The van der Waals surface area contributed by atoms with Crippen molar-refractivity contribution in [2.75, 3.05) is 4.90 Å². The molecule has 0 aliphatic heterocycles. The Labute approximate surface area is 267 Å². The number of alkyl halides is 6. The van der Waals surface area contributed by atoms with Gasteiger partial charge in [-0.1, -0.05) is 50.1 Å². The minimum Gasteiger partial charge on any atom is -0.294 e. The number of benzene rings is 3. The van der Waals surface area contributed by atoms with Crippen LogP contribution >= 0.6 is 0 Å². The maximum atomic E-state index is 13.8. The van der Waals surface area contributed by atoms with Crippen LogP contribution in [0.2, 0.25) is 0 Å². The summed E-state index contributed by atoms with van der Waals surface area (Å²) in [6.45, 7) is 13.6. The van der Waals surface area contributed by atoms with Gasteiger partial charge in [-0.15, -0.1) is 0 Å². The zero-order valence-corrected chi connectivity index (χ0v) is 26.9. The molecule has 1 N–H and O–H groups in total. The monoisotopic (exact) mass is 649 g/mol. The summed E-state index contributed by atoms with van der Waals surface area (Å²) in [5, 5.41) is 7.26. The fourth-order valence-electron chi connectivity index (χ4n) is 6.17. The summed E-state index contributed by atoms with van der Waals surface area (Å²) in [6.07, 6.45) is -9.19. The second-order valence-corrected chi connectivity index (χ2v) is 13.1. The Balaban J connectivity index is 1.70. The molecule has 0 aliphatic carbocycles. The smallest absolute Gasteiger partial charge is 0.294 e. The van der Waals surface area contributed by atoms with E-state index in [1.807, 2.05) is 95.5 Å². The standard InChI is InChI=1S/C36H33F6N5/c1-19-8-10-27-25(14-19)26-15-23(35(37,38)39)9-11-28(26)46(27)30-16-24(34(5,6)7)17-31(43-30)47(32-18-29(44-45-32)36(40,41)42)33-21(3)12-20(2)13-22(33)4/h8-18H,1-7H3,(H,44,45). The molecule has 5 nitrogen and oxygen atoms in total. The molecule has 0 bridgehead atoms. The van der Waals surface area contributed by atoms with Crippen LogP contribution in [0.1, 0.15) is 59.8 Å².